The van der Waals surface area contributed by atoms with E-state index in [0.29, 0.717) is 11.3 Å². The van der Waals surface area contributed by atoms with Crippen LogP contribution in [0.4, 0.5) is 15.8 Å². The molecule has 9 heteroatoms. The van der Waals surface area contributed by atoms with Gasteiger partial charge in [-0.05, 0) is 61.4 Å². The second kappa shape index (κ2) is 7.84. The van der Waals surface area contributed by atoms with E-state index in [1.165, 1.54) is 30.3 Å². The smallest absolute Gasteiger partial charge is 0.264 e. The summed E-state index contributed by atoms with van der Waals surface area (Å²) in [6.45, 7) is 3.45. The van der Waals surface area contributed by atoms with E-state index in [-0.39, 0.29) is 10.6 Å². The molecule has 3 aromatic carbocycles. The summed E-state index contributed by atoms with van der Waals surface area (Å²) in [5.74, 6) is -0.900. The molecule has 0 heterocycles. The summed E-state index contributed by atoms with van der Waals surface area (Å²) in [5.41, 5.74) is 1.80. The van der Waals surface area contributed by atoms with Gasteiger partial charge in [-0.2, -0.15) is 0 Å². The molecule has 0 aliphatic carbocycles. The fourth-order valence-electron chi connectivity index (χ4n) is 2.66. The maximum absolute atomic E-state index is 13.9. The fraction of sp³-hybridized carbons (Fsp3) is 0.100. The molecule has 0 radical (unpaired) electrons. The number of aryl methyl sites for hydroxylation is 2. The Morgan fingerprint density at radius 2 is 1.48 bits per heavy atom. The lowest BCUT2D eigenvalue weighted by Gasteiger charge is -2.14. The molecule has 0 saturated carbocycles. The second-order valence-electron chi connectivity index (χ2n) is 6.49. The third-order valence-corrected chi connectivity index (χ3v) is 6.94. The predicted octanol–water partition coefficient (Wildman–Crippen LogP) is 4.04. The lowest BCUT2D eigenvalue weighted by molar-refractivity contribution is 0.570. The molecular formula is C20H19FN2O4S2. The molecule has 0 atom stereocenters. The van der Waals surface area contributed by atoms with Crippen molar-refractivity contribution in [3.05, 3.63) is 83.7 Å². The van der Waals surface area contributed by atoms with Gasteiger partial charge in [-0.15, -0.1) is 0 Å². The highest BCUT2D eigenvalue weighted by atomic mass is 32.2. The summed E-state index contributed by atoms with van der Waals surface area (Å²) in [5, 5.41) is 0. The van der Waals surface area contributed by atoms with Gasteiger partial charge in [0.1, 0.15) is 10.7 Å². The molecule has 29 heavy (non-hydrogen) atoms. The zero-order chi connectivity index (χ0) is 21.2. The van der Waals surface area contributed by atoms with Crippen molar-refractivity contribution in [2.75, 3.05) is 9.44 Å². The Kier molecular flexibility index (Phi) is 5.63. The Labute approximate surface area is 169 Å². The van der Waals surface area contributed by atoms with Gasteiger partial charge >= 0.3 is 0 Å². The maximum Gasteiger partial charge on any atom is 0.264 e. The molecule has 0 amide bonds. The van der Waals surface area contributed by atoms with Crippen LogP contribution in [-0.4, -0.2) is 16.8 Å². The molecule has 6 nitrogen and oxygen atoms in total. The van der Waals surface area contributed by atoms with Gasteiger partial charge in [-0.1, -0.05) is 30.3 Å². The summed E-state index contributed by atoms with van der Waals surface area (Å²) in [4.78, 5) is -0.651. The molecule has 0 unspecified atom stereocenters. The number of sulfonamides is 2. The van der Waals surface area contributed by atoms with Gasteiger partial charge in [-0.3, -0.25) is 9.44 Å². The Bertz CT molecular complexity index is 1270. The Balaban J connectivity index is 1.95. The Morgan fingerprint density at radius 1 is 0.759 bits per heavy atom. The van der Waals surface area contributed by atoms with Crippen LogP contribution in [0, 0.1) is 19.7 Å². The van der Waals surface area contributed by atoms with Crippen molar-refractivity contribution in [2.24, 2.45) is 0 Å². The highest BCUT2D eigenvalue weighted by Crippen LogP contribution is 2.26. The monoisotopic (exact) mass is 434 g/mol. The average Bonchev–Trinajstić information content (AvgIpc) is 2.63. The Hall–Kier alpha value is -2.91. The van der Waals surface area contributed by atoms with Gasteiger partial charge in [0, 0.05) is 5.69 Å². The first-order chi connectivity index (χ1) is 13.6. The minimum absolute atomic E-state index is 0.0420. The summed E-state index contributed by atoms with van der Waals surface area (Å²) in [7, 11) is -8.19. The van der Waals surface area contributed by atoms with Crippen LogP contribution in [0.5, 0.6) is 0 Å². The molecule has 0 aliphatic heterocycles. The molecule has 0 aliphatic rings. The topological polar surface area (TPSA) is 92.3 Å². The third-order valence-electron chi connectivity index (χ3n) is 4.16. The summed E-state index contributed by atoms with van der Waals surface area (Å²) < 4.78 is 69.2. The number of anilines is 2. The van der Waals surface area contributed by atoms with Crippen LogP contribution in [0.1, 0.15) is 11.1 Å². The number of hydrogen-bond donors (Lipinski definition) is 2. The molecule has 0 bridgehead atoms. The number of nitrogens with one attached hydrogen (secondary N) is 2. The van der Waals surface area contributed by atoms with Gasteiger partial charge < -0.3 is 0 Å². The molecule has 0 spiro atoms. The van der Waals surface area contributed by atoms with Gasteiger partial charge in [0.15, 0.2) is 0 Å². The van der Waals surface area contributed by atoms with Crippen molar-refractivity contribution < 1.29 is 21.2 Å². The van der Waals surface area contributed by atoms with Crippen molar-refractivity contribution in [1.82, 2.24) is 0 Å². The first-order valence-electron chi connectivity index (χ1n) is 8.56. The highest BCUT2D eigenvalue weighted by molar-refractivity contribution is 7.93. The van der Waals surface area contributed by atoms with Crippen LogP contribution < -0.4 is 9.44 Å². The summed E-state index contributed by atoms with van der Waals surface area (Å²) in [6, 6.07) is 15.8. The van der Waals surface area contributed by atoms with Crippen molar-refractivity contribution >= 4 is 31.4 Å². The minimum atomic E-state index is -4.23. The highest BCUT2D eigenvalue weighted by Gasteiger charge is 2.21. The first kappa shape index (κ1) is 20.8. The predicted molar refractivity (Wildman–Crippen MR) is 110 cm³/mol. The molecular weight excluding hydrogens is 415 g/mol. The lowest BCUT2D eigenvalue weighted by atomic mass is 10.2. The summed E-state index contributed by atoms with van der Waals surface area (Å²) >= 11 is 0. The third kappa shape index (κ3) is 4.75. The quantitative estimate of drug-likeness (QED) is 0.612. The van der Waals surface area contributed by atoms with Crippen molar-refractivity contribution in [3.63, 3.8) is 0 Å². The van der Waals surface area contributed by atoms with Crippen LogP contribution in [0.15, 0.2) is 76.5 Å². The number of rotatable bonds is 6. The van der Waals surface area contributed by atoms with E-state index in [2.05, 4.69) is 9.44 Å². The van der Waals surface area contributed by atoms with E-state index >= 15 is 0 Å². The van der Waals surface area contributed by atoms with E-state index in [1.807, 2.05) is 13.0 Å². The number of benzene rings is 3. The lowest BCUT2D eigenvalue weighted by Crippen LogP contribution is -2.17. The van der Waals surface area contributed by atoms with Crippen LogP contribution >= 0.6 is 0 Å². The van der Waals surface area contributed by atoms with Crippen LogP contribution in [-0.2, 0) is 20.0 Å². The largest absolute Gasteiger partial charge is 0.280 e. The van der Waals surface area contributed by atoms with E-state index in [1.54, 1.807) is 25.1 Å². The molecule has 0 aromatic heterocycles. The van der Waals surface area contributed by atoms with E-state index < -0.39 is 30.8 Å². The molecule has 2 N–H and O–H groups in total. The molecule has 0 saturated heterocycles. The molecule has 3 aromatic rings. The molecule has 3 rings (SSSR count). The van der Waals surface area contributed by atoms with Crippen molar-refractivity contribution in [2.45, 2.75) is 23.6 Å². The van der Waals surface area contributed by atoms with Crippen LogP contribution in [0.25, 0.3) is 0 Å². The molecule has 0 fully saturated rings. The zero-order valence-electron chi connectivity index (χ0n) is 15.7. The standard InChI is InChI=1S/C20H19FN2O4S2/c1-14-6-5-7-16(12-14)22-28(24,25)17-11-10-15(2)19(13-17)23-29(26,27)20-9-4-3-8-18(20)21/h3-13,22-23H,1-2H3. The van der Waals surface area contributed by atoms with E-state index in [0.717, 1.165) is 17.7 Å². The van der Waals surface area contributed by atoms with Crippen molar-refractivity contribution in [3.8, 4) is 0 Å². The first-order valence-corrected chi connectivity index (χ1v) is 11.5. The normalized spacial score (nSPS) is 11.8. The Morgan fingerprint density at radius 3 is 2.17 bits per heavy atom. The van der Waals surface area contributed by atoms with Crippen LogP contribution in [0.3, 0.4) is 0 Å². The van der Waals surface area contributed by atoms with E-state index in [9.17, 15) is 21.2 Å². The summed E-state index contributed by atoms with van der Waals surface area (Å²) in [6.07, 6.45) is 0. The van der Waals surface area contributed by atoms with Gasteiger partial charge in [-0.25, -0.2) is 21.2 Å². The SMILES string of the molecule is Cc1cccc(NS(=O)(=O)c2ccc(C)c(NS(=O)(=O)c3ccccc3F)c2)c1. The molecule has 152 valence electrons. The van der Waals surface area contributed by atoms with Gasteiger partial charge in [0.2, 0.25) is 0 Å². The zero-order valence-corrected chi connectivity index (χ0v) is 17.3. The second-order valence-corrected chi connectivity index (χ2v) is 9.82. The fourth-order valence-corrected chi connectivity index (χ4v) is 4.94. The number of hydrogen-bond acceptors (Lipinski definition) is 4. The maximum atomic E-state index is 13.9. The van der Waals surface area contributed by atoms with Crippen LogP contribution in [0.2, 0.25) is 0 Å². The van der Waals surface area contributed by atoms with Gasteiger partial charge in [0.05, 0.1) is 10.6 Å². The number of halogens is 1. The average molecular weight is 435 g/mol. The van der Waals surface area contributed by atoms with Crippen molar-refractivity contribution in [1.29, 1.82) is 0 Å². The van der Waals surface area contributed by atoms with E-state index in [4.69, 9.17) is 0 Å². The minimum Gasteiger partial charge on any atom is -0.280 e. The van der Waals surface area contributed by atoms with Gasteiger partial charge in [0.25, 0.3) is 20.0 Å².